The highest BCUT2D eigenvalue weighted by atomic mass is 16.6. The van der Waals surface area contributed by atoms with Crippen LogP contribution in [0.1, 0.15) is 38.7 Å². The van der Waals surface area contributed by atoms with Gasteiger partial charge in [-0.2, -0.15) is 0 Å². The Morgan fingerprint density at radius 1 is 1.32 bits per heavy atom. The number of hydrogen-bond acceptors (Lipinski definition) is 4. The molecule has 0 saturated heterocycles. The normalized spacial score (nSPS) is 20.2. The average molecular weight is 307 g/mol. The van der Waals surface area contributed by atoms with Crippen LogP contribution < -0.4 is 10.1 Å². The standard InChI is InChI=1S/C16H21NO5/c1-16(2,3)22-15(20)17-13-7-9(21-4)5-6-10(13)11-8-12(11)14(18)19/h5-7,11-12H,8H2,1-4H3,(H,17,20)(H,18,19). The first-order chi connectivity index (χ1) is 10.2. The Morgan fingerprint density at radius 2 is 2.00 bits per heavy atom. The van der Waals surface area contributed by atoms with E-state index in [1.807, 2.05) is 0 Å². The van der Waals surface area contributed by atoms with Gasteiger partial charge in [0.1, 0.15) is 11.4 Å². The van der Waals surface area contributed by atoms with E-state index in [4.69, 9.17) is 14.6 Å². The molecule has 0 bridgehead atoms. The molecule has 22 heavy (non-hydrogen) atoms. The summed E-state index contributed by atoms with van der Waals surface area (Å²) in [6.07, 6.45) is -0.000443. The van der Waals surface area contributed by atoms with Gasteiger partial charge in [0.05, 0.1) is 18.7 Å². The van der Waals surface area contributed by atoms with E-state index in [2.05, 4.69) is 5.32 Å². The van der Waals surface area contributed by atoms with Crippen molar-refractivity contribution in [2.75, 3.05) is 12.4 Å². The van der Waals surface area contributed by atoms with E-state index in [0.717, 1.165) is 5.56 Å². The summed E-state index contributed by atoms with van der Waals surface area (Å²) in [6.45, 7) is 5.33. The summed E-state index contributed by atoms with van der Waals surface area (Å²) >= 11 is 0. The predicted molar refractivity (Wildman–Crippen MR) is 81.3 cm³/mol. The number of hydrogen-bond donors (Lipinski definition) is 2. The van der Waals surface area contributed by atoms with Gasteiger partial charge in [-0.3, -0.25) is 10.1 Å². The smallest absolute Gasteiger partial charge is 0.412 e. The number of anilines is 1. The summed E-state index contributed by atoms with van der Waals surface area (Å²) < 4.78 is 10.4. The van der Waals surface area contributed by atoms with Crippen LogP contribution in [0.15, 0.2) is 18.2 Å². The summed E-state index contributed by atoms with van der Waals surface area (Å²) in [7, 11) is 1.53. The summed E-state index contributed by atoms with van der Waals surface area (Å²) in [4.78, 5) is 23.0. The molecule has 2 rings (SSSR count). The molecule has 1 amide bonds. The van der Waals surface area contributed by atoms with Crippen LogP contribution in [0.4, 0.5) is 10.5 Å². The van der Waals surface area contributed by atoms with Crippen molar-refractivity contribution in [3.63, 3.8) is 0 Å². The molecular weight excluding hydrogens is 286 g/mol. The minimum Gasteiger partial charge on any atom is -0.497 e. The molecule has 2 atom stereocenters. The van der Waals surface area contributed by atoms with Gasteiger partial charge in [-0.05, 0) is 38.8 Å². The Bertz CT molecular complexity index is 591. The number of benzene rings is 1. The Labute approximate surface area is 129 Å². The monoisotopic (exact) mass is 307 g/mol. The van der Waals surface area contributed by atoms with E-state index in [1.54, 1.807) is 39.0 Å². The second kappa shape index (κ2) is 5.87. The van der Waals surface area contributed by atoms with Gasteiger partial charge in [0.25, 0.3) is 0 Å². The number of methoxy groups -OCH3 is 1. The molecule has 0 aromatic heterocycles. The quantitative estimate of drug-likeness (QED) is 0.892. The Hall–Kier alpha value is -2.24. The third kappa shape index (κ3) is 3.90. The van der Waals surface area contributed by atoms with Crippen molar-refractivity contribution in [2.45, 2.75) is 38.7 Å². The number of amides is 1. The maximum absolute atomic E-state index is 11.9. The SMILES string of the molecule is COc1ccc(C2CC2C(=O)O)c(NC(=O)OC(C)(C)C)c1. The van der Waals surface area contributed by atoms with E-state index >= 15 is 0 Å². The number of aliphatic carboxylic acids is 1. The van der Waals surface area contributed by atoms with E-state index in [1.165, 1.54) is 7.11 Å². The average Bonchev–Trinajstić information content (AvgIpc) is 3.16. The van der Waals surface area contributed by atoms with Gasteiger partial charge in [0.15, 0.2) is 0 Å². The minimum absolute atomic E-state index is 0.0895. The highest BCUT2D eigenvalue weighted by Crippen LogP contribution is 2.50. The van der Waals surface area contributed by atoms with Crippen molar-refractivity contribution >= 4 is 17.7 Å². The molecule has 1 aromatic carbocycles. The van der Waals surface area contributed by atoms with Crippen LogP contribution in [0.2, 0.25) is 0 Å². The molecule has 0 spiro atoms. The van der Waals surface area contributed by atoms with Gasteiger partial charge < -0.3 is 14.6 Å². The molecule has 1 saturated carbocycles. The molecule has 1 fully saturated rings. The first kappa shape index (κ1) is 16.1. The van der Waals surface area contributed by atoms with Crippen LogP contribution in [0, 0.1) is 5.92 Å². The number of nitrogens with one attached hydrogen (secondary N) is 1. The fourth-order valence-corrected chi connectivity index (χ4v) is 2.32. The van der Waals surface area contributed by atoms with E-state index in [9.17, 15) is 9.59 Å². The van der Waals surface area contributed by atoms with Crippen LogP contribution in [0.3, 0.4) is 0 Å². The fourth-order valence-electron chi connectivity index (χ4n) is 2.32. The second-order valence-electron chi connectivity index (χ2n) is 6.37. The van der Waals surface area contributed by atoms with Crippen molar-refractivity contribution in [2.24, 2.45) is 5.92 Å². The minimum atomic E-state index is -0.816. The third-order valence-corrected chi connectivity index (χ3v) is 3.40. The Kier molecular flexibility index (Phi) is 4.30. The predicted octanol–water partition coefficient (Wildman–Crippen LogP) is 3.23. The Morgan fingerprint density at radius 3 is 2.50 bits per heavy atom. The molecule has 120 valence electrons. The van der Waals surface area contributed by atoms with Crippen LogP contribution in [0.25, 0.3) is 0 Å². The maximum atomic E-state index is 11.9. The zero-order valence-corrected chi connectivity index (χ0v) is 13.2. The number of carboxylic acid groups (broad SMARTS) is 1. The van der Waals surface area contributed by atoms with Crippen LogP contribution >= 0.6 is 0 Å². The number of ether oxygens (including phenoxy) is 2. The highest BCUT2D eigenvalue weighted by Gasteiger charge is 2.45. The van der Waals surface area contributed by atoms with E-state index < -0.39 is 23.6 Å². The van der Waals surface area contributed by atoms with Gasteiger partial charge in [-0.25, -0.2) is 4.79 Å². The van der Waals surface area contributed by atoms with Crippen LogP contribution in [-0.2, 0) is 9.53 Å². The topological polar surface area (TPSA) is 84.9 Å². The first-order valence-corrected chi connectivity index (χ1v) is 7.12. The van der Waals surface area contributed by atoms with Crippen molar-refractivity contribution in [3.8, 4) is 5.75 Å². The van der Waals surface area contributed by atoms with Crippen molar-refractivity contribution < 1.29 is 24.2 Å². The molecule has 1 aliphatic rings. The maximum Gasteiger partial charge on any atom is 0.412 e. The van der Waals surface area contributed by atoms with Crippen molar-refractivity contribution in [3.05, 3.63) is 23.8 Å². The molecule has 0 aliphatic heterocycles. The number of rotatable bonds is 4. The molecular formula is C16H21NO5. The fraction of sp³-hybridized carbons (Fsp3) is 0.500. The lowest BCUT2D eigenvalue weighted by Crippen LogP contribution is -2.27. The van der Waals surface area contributed by atoms with Crippen molar-refractivity contribution in [1.29, 1.82) is 0 Å². The summed E-state index contributed by atoms with van der Waals surface area (Å²) in [5.74, 6) is -0.715. The van der Waals surface area contributed by atoms with Gasteiger partial charge >= 0.3 is 12.1 Å². The number of carbonyl (C=O) groups is 2. The second-order valence-corrected chi connectivity index (χ2v) is 6.37. The lowest BCUT2D eigenvalue weighted by atomic mass is 10.1. The Balaban J connectivity index is 2.21. The zero-order valence-electron chi connectivity index (χ0n) is 13.2. The lowest BCUT2D eigenvalue weighted by molar-refractivity contribution is -0.138. The molecule has 6 heteroatoms. The summed E-state index contributed by atoms with van der Waals surface area (Å²) in [5.41, 5.74) is 0.716. The van der Waals surface area contributed by atoms with Crippen LogP contribution in [-0.4, -0.2) is 29.9 Å². The van der Waals surface area contributed by atoms with Gasteiger partial charge in [0, 0.05) is 12.0 Å². The van der Waals surface area contributed by atoms with Crippen LogP contribution in [0.5, 0.6) is 5.75 Å². The van der Waals surface area contributed by atoms with E-state index in [0.29, 0.717) is 17.9 Å². The molecule has 1 aromatic rings. The molecule has 6 nitrogen and oxygen atoms in total. The number of carboxylic acids is 1. The number of carbonyl (C=O) groups excluding carboxylic acids is 1. The summed E-state index contributed by atoms with van der Waals surface area (Å²) in [6, 6.07) is 5.22. The highest BCUT2D eigenvalue weighted by molar-refractivity contribution is 5.87. The van der Waals surface area contributed by atoms with Gasteiger partial charge in [-0.15, -0.1) is 0 Å². The molecule has 0 heterocycles. The third-order valence-electron chi connectivity index (χ3n) is 3.40. The first-order valence-electron chi connectivity index (χ1n) is 7.12. The summed E-state index contributed by atoms with van der Waals surface area (Å²) in [5, 5.41) is 11.8. The van der Waals surface area contributed by atoms with Gasteiger partial charge in [0.2, 0.25) is 0 Å². The van der Waals surface area contributed by atoms with E-state index in [-0.39, 0.29) is 5.92 Å². The molecule has 2 unspecified atom stereocenters. The largest absolute Gasteiger partial charge is 0.497 e. The molecule has 1 aliphatic carbocycles. The molecule has 2 N–H and O–H groups in total. The zero-order chi connectivity index (χ0) is 16.5. The van der Waals surface area contributed by atoms with Crippen molar-refractivity contribution in [1.82, 2.24) is 0 Å². The molecule has 0 radical (unpaired) electrons. The lowest BCUT2D eigenvalue weighted by Gasteiger charge is -2.20. The van der Waals surface area contributed by atoms with Gasteiger partial charge in [-0.1, -0.05) is 6.07 Å².